The van der Waals surface area contributed by atoms with Crippen LogP contribution in [0.25, 0.3) is 11.5 Å². The molecule has 0 radical (unpaired) electrons. The number of ether oxygens (including phenoxy) is 1. The Morgan fingerprint density at radius 2 is 2.14 bits per heavy atom. The standard InChI is InChI=1S/C20H26N4O4S/c1-15-5-3-11-24(14-15)29(25,26)17-8-6-16(7-9-17)19-23-18(13-21)20(28-19)22-10-4-12-27-2/h6-9,15,22H,3-5,10-12,14H2,1-2H3. The van der Waals surface area contributed by atoms with Crippen molar-refractivity contribution in [3.05, 3.63) is 30.0 Å². The molecule has 29 heavy (non-hydrogen) atoms. The quantitative estimate of drug-likeness (QED) is 0.656. The van der Waals surface area contributed by atoms with Gasteiger partial charge in [0.2, 0.25) is 27.5 Å². The Labute approximate surface area is 171 Å². The Bertz CT molecular complexity index is 963. The summed E-state index contributed by atoms with van der Waals surface area (Å²) in [5, 5.41) is 12.3. The van der Waals surface area contributed by atoms with Crippen LogP contribution >= 0.6 is 0 Å². The van der Waals surface area contributed by atoms with Crippen LogP contribution in [0, 0.1) is 17.2 Å². The summed E-state index contributed by atoms with van der Waals surface area (Å²) in [5.41, 5.74) is 0.772. The summed E-state index contributed by atoms with van der Waals surface area (Å²) < 4.78 is 38.0. The van der Waals surface area contributed by atoms with Gasteiger partial charge in [0.05, 0.1) is 4.90 Å². The Balaban J connectivity index is 1.76. The molecule has 1 aliphatic rings. The molecule has 2 heterocycles. The fourth-order valence-electron chi connectivity index (χ4n) is 3.34. The molecule has 2 aromatic rings. The van der Waals surface area contributed by atoms with Crippen LogP contribution in [0.1, 0.15) is 31.9 Å². The van der Waals surface area contributed by atoms with Crippen molar-refractivity contribution < 1.29 is 17.6 Å². The SMILES string of the molecule is COCCCNc1oc(-c2ccc(S(=O)(=O)N3CCCC(C)C3)cc2)nc1C#N. The third-order valence-electron chi connectivity index (χ3n) is 4.90. The molecule has 1 aliphatic heterocycles. The highest BCUT2D eigenvalue weighted by Gasteiger charge is 2.28. The van der Waals surface area contributed by atoms with E-state index in [-0.39, 0.29) is 16.5 Å². The van der Waals surface area contributed by atoms with Crippen molar-refractivity contribution in [2.75, 3.05) is 38.7 Å². The van der Waals surface area contributed by atoms with Gasteiger partial charge in [-0.3, -0.25) is 0 Å². The van der Waals surface area contributed by atoms with Gasteiger partial charge >= 0.3 is 0 Å². The van der Waals surface area contributed by atoms with Crippen LogP contribution in [-0.4, -0.2) is 51.1 Å². The average Bonchev–Trinajstić information content (AvgIpc) is 3.14. The molecule has 156 valence electrons. The topological polar surface area (TPSA) is 108 Å². The van der Waals surface area contributed by atoms with Crippen molar-refractivity contribution in [2.24, 2.45) is 5.92 Å². The molecule has 0 bridgehead atoms. The fourth-order valence-corrected chi connectivity index (χ4v) is 4.94. The first-order chi connectivity index (χ1) is 14.0. The fraction of sp³-hybridized carbons (Fsp3) is 0.500. The highest BCUT2D eigenvalue weighted by molar-refractivity contribution is 7.89. The van der Waals surface area contributed by atoms with Gasteiger partial charge in [0.1, 0.15) is 6.07 Å². The molecule has 1 fully saturated rings. The number of rotatable bonds is 8. The third-order valence-corrected chi connectivity index (χ3v) is 6.78. The lowest BCUT2D eigenvalue weighted by molar-refractivity contribution is 0.197. The molecule has 1 aromatic heterocycles. The van der Waals surface area contributed by atoms with Gasteiger partial charge in [0.25, 0.3) is 0 Å². The number of sulfonamides is 1. The zero-order valence-electron chi connectivity index (χ0n) is 16.7. The summed E-state index contributed by atoms with van der Waals surface area (Å²) in [6, 6.07) is 8.44. The van der Waals surface area contributed by atoms with Gasteiger partial charge in [0.15, 0.2) is 0 Å². The number of hydrogen-bond acceptors (Lipinski definition) is 7. The van der Waals surface area contributed by atoms with Crippen LogP contribution in [0.15, 0.2) is 33.6 Å². The molecular weight excluding hydrogens is 392 g/mol. The number of aromatic nitrogens is 1. The molecule has 9 heteroatoms. The third kappa shape index (κ3) is 4.96. The van der Waals surface area contributed by atoms with E-state index in [2.05, 4.69) is 17.2 Å². The van der Waals surface area contributed by atoms with Crippen molar-refractivity contribution in [3.63, 3.8) is 0 Å². The zero-order chi connectivity index (χ0) is 20.9. The first-order valence-electron chi connectivity index (χ1n) is 9.70. The number of benzene rings is 1. The second-order valence-corrected chi connectivity index (χ2v) is 9.15. The van der Waals surface area contributed by atoms with E-state index in [1.165, 1.54) is 0 Å². The van der Waals surface area contributed by atoms with E-state index in [4.69, 9.17) is 9.15 Å². The Morgan fingerprint density at radius 3 is 2.79 bits per heavy atom. The van der Waals surface area contributed by atoms with Crippen LogP contribution in [0.3, 0.4) is 0 Å². The lowest BCUT2D eigenvalue weighted by Crippen LogP contribution is -2.39. The van der Waals surface area contributed by atoms with E-state index < -0.39 is 10.0 Å². The van der Waals surface area contributed by atoms with Crippen molar-refractivity contribution >= 4 is 15.9 Å². The zero-order valence-corrected chi connectivity index (χ0v) is 17.5. The second kappa shape index (κ2) is 9.39. The summed E-state index contributed by atoms with van der Waals surface area (Å²) in [5.74, 6) is 0.938. The number of methoxy groups -OCH3 is 1. The summed E-state index contributed by atoms with van der Waals surface area (Å²) in [6.07, 6.45) is 2.70. The highest BCUT2D eigenvalue weighted by atomic mass is 32.2. The summed E-state index contributed by atoms with van der Waals surface area (Å²) in [6.45, 7) is 4.36. The maximum absolute atomic E-state index is 12.9. The van der Waals surface area contributed by atoms with E-state index in [0.717, 1.165) is 19.3 Å². The maximum Gasteiger partial charge on any atom is 0.243 e. The Hall–Kier alpha value is -2.41. The Morgan fingerprint density at radius 1 is 1.38 bits per heavy atom. The molecule has 1 aromatic carbocycles. The molecule has 0 saturated carbocycles. The lowest BCUT2D eigenvalue weighted by Gasteiger charge is -2.30. The van der Waals surface area contributed by atoms with Gasteiger partial charge in [-0.2, -0.15) is 14.6 Å². The molecule has 0 amide bonds. The highest BCUT2D eigenvalue weighted by Crippen LogP contribution is 2.28. The van der Waals surface area contributed by atoms with Crippen molar-refractivity contribution in [1.82, 2.24) is 9.29 Å². The monoisotopic (exact) mass is 418 g/mol. The minimum atomic E-state index is -3.51. The van der Waals surface area contributed by atoms with Crippen LogP contribution in [0.5, 0.6) is 0 Å². The number of nitriles is 1. The molecule has 8 nitrogen and oxygen atoms in total. The molecule has 1 N–H and O–H groups in total. The largest absolute Gasteiger partial charge is 0.419 e. The molecule has 1 atom stereocenters. The number of nitrogens with zero attached hydrogens (tertiary/aromatic N) is 3. The summed E-state index contributed by atoms with van der Waals surface area (Å²) >= 11 is 0. The second-order valence-electron chi connectivity index (χ2n) is 7.22. The van der Waals surface area contributed by atoms with E-state index in [9.17, 15) is 13.7 Å². The van der Waals surface area contributed by atoms with Crippen LogP contribution < -0.4 is 5.32 Å². The van der Waals surface area contributed by atoms with E-state index in [1.807, 2.05) is 6.07 Å². The van der Waals surface area contributed by atoms with Gasteiger partial charge in [-0.1, -0.05) is 6.92 Å². The first kappa shape index (κ1) is 21.3. The molecule has 3 rings (SSSR count). The van der Waals surface area contributed by atoms with Gasteiger partial charge in [-0.15, -0.1) is 0 Å². The van der Waals surface area contributed by atoms with Gasteiger partial charge in [-0.05, 0) is 49.4 Å². The van der Waals surface area contributed by atoms with Crippen molar-refractivity contribution in [2.45, 2.75) is 31.1 Å². The molecule has 1 unspecified atom stereocenters. The molecule has 0 spiro atoms. The van der Waals surface area contributed by atoms with Crippen molar-refractivity contribution in [3.8, 4) is 17.5 Å². The van der Waals surface area contributed by atoms with Gasteiger partial charge < -0.3 is 14.5 Å². The van der Waals surface area contributed by atoms with Crippen molar-refractivity contribution in [1.29, 1.82) is 5.26 Å². The normalized spacial score (nSPS) is 17.8. The molecule has 0 aliphatic carbocycles. The maximum atomic E-state index is 12.9. The molecule has 1 saturated heterocycles. The number of oxazole rings is 1. The van der Waals surface area contributed by atoms with Crippen LogP contribution in [0.2, 0.25) is 0 Å². The smallest absolute Gasteiger partial charge is 0.243 e. The van der Waals surface area contributed by atoms with E-state index in [0.29, 0.717) is 43.6 Å². The summed E-state index contributed by atoms with van der Waals surface area (Å²) in [7, 11) is -1.89. The number of anilines is 1. The number of nitrogens with one attached hydrogen (secondary N) is 1. The number of piperidine rings is 1. The average molecular weight is 419 g/mol. The minimum Gasteiger partial charge on any atom is -0.419 e. The van der Waals surface area contributed by atoms with Crippen LogP contribution in [-0.2, 0) is 14.8 Å². The first-order valence-corrected chi connectivity index (χ1v) is 11.1. The van der Waals surface area contributed by atoms with E-state index >= 15 is 0 Å². The molecular formula is C20H26N4O4S. The van der Waals surface area contributed by atoms with E-state index in [1.54, 1.807) is 35.7 Å². The lowest BCUT2D eigenvalue weighted by atomic mass is 10.0. The van der Waals surface area contributed by atoms with Gasteiger partial charge in [0, 0.05) is 38.9 Å². The van der Waals surface area contributed by atoms with Crippen LogP contribution in [0.4, 0.5) is 5.88 Å². The Kier molecular flexibility index (Phi) is 6.90. The minimum absolute atomic E-state index is 0.163. The predicted octanol–water partition coefficient (Wildman–Crippen LogP) is 3.08. The number of hydrogen-bond donors (Lipinski definition) is 1. The predicted molar refractivity (Wildman–Crippen MR) is 109 cm³/mol. The summed E-state index contributed by atoms with van der Waals surface area (Å²) in [4.78, 5) is 4.46. The van der Waals surface area contributed by atoms with Gasteiger partial charge in [-0.25, -0.2) is 8.42 Å².